The van der Waals surface area contributed by atoms with Gasteiger partial charge in [-0.15, -0.1) is 0 Å². The first-order valence-corrected chi connectivity index (χ1v) is 11.1. The molecule has 0 aliphatic carbocycles. The number of carbonyl (C=O) groups excluding carboxylic acids is 1. The first kappa shape index (κ1) is 21.5. The highest BCUT2D eigenvalue weighted by Crippen LogP contribution is 2.29. The van der Waals surface area contributed by atoms with Gasteiger partial charge >= 0.3 is 0 Å². The third-order valence-electron chi connectivity index (χ3n) is 4.36. The lowest BCUT2D eigenvalue weighted by Crippen LogP contribution is -2.40. The minimum Gasteiger partial charge on any atom is -0.495 e. The number of rotatable bonds is 6. The molecule has 9 heteroatoms. The van der Waals surface area contributed by atoms with E-state index in [0.717, 1.165) is 10.0 Å². The summed E-state index contributed by atoms with van der Waals surface area (Å²) in [7, 11) is -2.23. The van der Waals surface area contributed by atoms with Gasteiger partial charge in [0.15, 0.2) is 0 Å². The summed E-state index contributed by atoms with van der Waals surface area (Å²) in [6.07, 6.45) is 3.04. The van der Waals surface area contributed by atoms with Crippen LogP contribution in [0.25, 0.3) is 6.08 Å². The molecule has 1 aliphatic heterocycles. The number of nitrogens with one attached hydrogen (secondary N) is 1. The van der Waals surface area contributed by atoms with Crippen LogP contribution in [0.1, 0.15) is 5.56 Å². The van der Waals surface area contributed by atoms with Gasteiger partial charge in [-0.25, -0.2) is 8.42 Å². The van der Waals surface area contributed by atoms with Crippen molar-refractivity contribution in [3.63, 3.8) is 0 Å². The van der Waals surface area contributed by atoms with Crippen molar-refractivity contribution in [2.45, 2.75) is 4.90 Å². The second kappa shape index (κ2) is 9.53. The molecular formula is C20H21BrN2O5S. The molecule has 2 aromatic rings. The Morgan fingerprint density at radius 2 is 1.93 bits per heavy atom. The monoisotopic (exact) mass is 480 g/mol. The Morgan fingerprint density at radius 3 is 2.62 bits per heavy atom. The summed E-state index contributed by atoms with van der Waals surface area (Å²) in [5, 5.41) is 2.69. The normalized spacial score (nSPS) is 15.4. The van der Waals surface area contributed by atoms with Crippen LogP contribution in [0.2, 0.25) is 0 Å². The first-order valence-electron chi connectivity index (χ1n) is 8.91. The van der Waals surface area contributed by atoms with Crippen LogP contribution in [-0.4, -0.2) is 52.0 Å². The maximum atomic E-state index is 12.9. The highest BCUT2D eigenvalue weighted by molar-refractivity contribution is 9.10. The zero-order valence-corrected chi connectivity index (χ0v) is 18.2. The summed E-state index contributed by atoms with van der Waals surface area (Å²) in [5.74, 6) is -0.0338. The molecule has 7 nitrogen and oxygen atoms in total. The van der Waals surface area contributed by atoms with Crippen LogP contribution < -0.4 is 10.1 Å². The second-order valence-corrected chi connectivity index (χ2v) is 9.01. The van der Waals surface area contributed by atoms with Gasteiger partial charge in [0.2, 0.25) is 15.9 Å². The molecule has 1 N–H and O–H groups in total. The number of hydrogen-bond donors (Lipinski definition) is 1. The quantitative estimate of drug-likeness (QED) is 0.641. The van der Waals surface area contributed by atoms with Crippen LogP contribution in [-0.2, 0) is 19.6 Å². The van der Waals surface area contributed by atoms with Gasteiger partial charge in [-0.2, -0.15) is 4.31 Å². The molecular weight excluding hydrogens is 460 g/mol. The van der Waals surface area contributed by atoms with Crippen molar-refractivity contribution in [1.29, 1.82) is 0 Å². The Kier molecular flexibility index (Phi) is 7.07. The average molecular weight is 481 g/mol. The molecule has 0 aromatic heterocycles. The van der Waals surface area contributed by atoms with Gasteiger partial charge in [0, 0.05) is 23.6 Å². The molecule has 0 spiro atoms. The fourth-order valence-corrected chi connectivity index (χ4v) is 4.68. The number of halogens is 1. The van der Waals surface area contributed by atoms with E-state index in [-0.39, 0.29) is 10.6 Å². The number of sulfonamides is 1. The van der Waals surface area contributed by atoms with Gasteiger partial charge in [0.05, 0.1) is 30.9 Å². The molecule has 154 valence electrons. The van der Waals surface area contributed by atoms with Crippen molar-refractivity contribution in [3.8, 4) is 5.75 Å². The van der Waals surface area contributed by atoms with Crippen LogP contribution in [0.4, 0.5) is 5.69 Å². The summed E-state index contributed by atoms with van der Waals surface area (Å²) in [4.78, 5) is 12.5. The van der Waals surface area contributed by atoms with Gasteiger partial charge in [0.25, 0.3) is 0 Å². The summed E-state index contributed by atoms with van der Waals surface area (Å²) < 4.78 is 38.5. The number of morpholine rings is 1. The molecule has 29 heavy (non-hydrogen) atoms. The molecule has 0 radical (unpaired) electrons. The van der Waals surface area contributed by atoms with E-state index in [9.17, 15) is 13.2 Å². The summed E-state index contributed by atoms with van der Waals surface area (Å²) >= 11 is 3.42. The van der Waals surface area contributed by atoms with E-state index in [2.05, 4.69) is 21.2 Å². The van der Waals surface area contributed by atoms with Crippen molar-refractivity contribution >= 4 is 43.6 Å². The van der Waals surface area contributed by atoms with E-state index in [1.165, 1.54) is 35.7 Å². The SMILES string of the molecule is COc1ccc(S(=O)(=O)N2CCOCC2)cc1NC(=O)C=Cc1ccccc1Br. The van der Waals surface area contributed by atoms with E-state index in [1.54, 1.807) is 6.08 Å². The Labute approximate surface area is 178 Å². The number of hydrogen-bond acceptors (Lipinski definition) is 5. The Hall–Kier alpha value is -2.20. The van der Waals surface area contributed by atoms with Crippen molar-refractivity contribution in [2.75, 3.05) is 38.7 Å². The lowest BCUT2D eigenvalue weighted by molar-refractivity contribution is -0.111. The summed E-state index contributed by atoms with van der Waals surface area (Å²) in [5.41, 5.74) is 1.13. The third kappa shape index (κ3) is 5.24. The second-order valence-electron chi connectivity index (χ2n) is 6.22. The molecule has 1 saturated heterocycles. The molecule has 0 unspecified atom stereocenters. The number of anilines is 1. The molecule has 0 atom stereocenters. The van der Waals surface area contributed by atoms with Crippen LogP contribution >= 0.6 is 15.9 Å². The van der Waals surface area contributed by atoms with E-state index < -0.39 is 15.9 Å². The largest absolute Gasteiger partial charge is 0.495 e. The Bertz CT molecular complexity index is 1020. The van der Waals surface area contributed by atoms with E-state index in [1.807, 2.05) is 24.3 Å². The van der Waals surface area contributed by atoms with Gasteiger partial charge in [-0.1, -0.05) is 34.1 Å². The number of methoxy groups -OCH3 is 1. The summed E-state index contributed by atoms with van der Waals surface area (Å²) in [6, 6.07) is 11.9. The Balaban J connectivity index is 1.82. The molecule has 0 saturated carbocycles. The summed E-state index contributed by atoms with van der Waals surface area (Å²) in [6.45, 7) is 1.31. The van der Waals surface area contributed by atoms with E-state index >= 15 is 0 Å². The molecule has 1 fully saturated rings. The first-order chi connectivity index (χ1) is 13.9. The molecule has 2 aromatic carbocycles. The van der Waals surface area contributed by atoms with Crippen molar-refractivity contribution < 1.29 is 22.7 Å². The number of benzene rings is 2. The van der Waals surface area contributed by atoms with Crippen LogP contribution in [0.3, 0.4) is 0 Å². The van der Waals surface area contributed by atoms with Crippen molar-refractivity contribution in [1.82, 2.24) is 4.31 Å². The van der Waals surface area contributed by atoms with E-state index in [0.29, 0.717) is 32.1 Å². The van der Waals surface area contributed by atoms with Gasteiger partial charge in [0.1, 0.15) is 5.75 Å². The number of amides is 1. The lowest BCUT2D eigenvalue weighted by atomic mass is 10.2. The highest BCUT2D eigenvalue weighted by Gasteiger charge is 2.27. The average Bonchev–Trinajstić information content (AvgIpc) is 2.73. The third-order valence-corrected chi connectivity index (χ3v) is 6.97. The van der Waals surface area contributed by atoms with Gasteiger partial charge in [-0.05, 0) is 35.9 Å². The Morgan fingerprint density at radius 1 is 1.21 bits per heavy atom. The minimum absolute atomic E-state index is 0.0882. The zero-order valence-electron chi connectivity index (χ0n) is 15.8. The van der Waals surface area contributed by atoms with Crippen LogP contribution in [0.5, 0.6) is 5.75 Å². The number of ether oxygens (including phenoxy) is 2. The maximum absolute atomic E-state index is 12.9. The van der Waals surface area contributed by atoms with Crippen molar-refractivity contribution in [2.24, 2.45) is 0 Å². The van der Waals surface area contributed by atoms with Gasteiger partial charge < -0.3 is 14.8 Å². The predicted octanol–water partition coefficient (Wildman–Crippen LogP) is 3.13. The fraction of sp³-hybridized carbons (Fsp3) is 0.250. The topological polar surface area (TPSA) is 84.9 Å². The standard InChI is InChI=1S/C20H21BrN2O5S/c1-27-19-8-7-16(29(25,26)23-10-12-28-13-11-23)14-18(19)22-20(24)9-6-15-4-2-3-5-17(15)21/h2-9,14H,10-13H2,1H3,(H,22,24). The van der Waals surface area contributed by atoms with Crippen LogP contribution in [0.15, 0.2) is 57.9 Å². The lowest BCUT2D eigenvalue weighted by Gasteiger charge is -2.26. The minimum atomic E-state index is -3.68. The molecule has 3 rings (SSSR count). The van der Waals surface area contributed by atoms with E-state index in [4.69, 9.17) is 9.47 Å². The highest BCUT2D eigenvalue weighted by atomic mass is 79.9. The maximum Gasteiger partial charge on any atom is 0.248 e. The smallest absolute Gasteiger partial charge is 0.248 e. The van der Waals surface area contributed by atoms with Crippen LogP contribution in [0, 0.1) is 0 Å². The fourth-order valence-electron chi connectivity index (χ4n) is 2.83. The molecule has 1 amide bonds. The number of nitrogens with zero attached hydrogens (tertiary/aromatic N) is 1. The molecule has 1 aliphatic rings. The van der Waals surface area contributed by atoms with Crippen molar-refractivity contribution in [3.05, 3.63) is 58.6 Å². The van der Waals surface area contributed by atoms with Gasteiger partial charge in [-0.3, -0.25) is 4.79 Å². The predicted molar refractivity (Wildman–Crippen MR) is 114 cm³/mol. The zero-order chi connectivity index (χ0) is 20.9. The molecule has 0 bridgehead atoms. The number of carbonyl (C=O) groups is 1. The molecule has 1 heterocycles.